The highest BCUT2D eigenvalue weighted by Gasteiger charge is 2.29. The molecule has 14 heavy (non-hydrogen) atoms. The van der Waals surface area contributed by atoms with Crippen LogP contribution < -0.4 is 5.73 Å². The summed E-state index contributed by atoms with van der Waals surface area (Å²) in [5.41, 5.74) is 7.38. The number of hydrogen-bond donors (Lipinski definition) is 1. The van der Waals surface area contributed by atoms with Gasteiger partial charge in [0, 0.05) is 12.1 Å². The van der Waals surface area contributed by atoms with E-state index in [2.05, 4.69) is 4.98 Å². The molecule has 3 nitrogen and oxygen atoms in total. The zero-order chi connectivity index (χ0) is 9.71. The van der Waals surface area contributed by atoms with Crippen molar-refractivity contribution < 1.29 is 0 Å². The minimum Gasteiger partial charge on any atom is -0.397 e. The quantitative estimate of drug-likeness (QED) is 0.781. The second-order valence-electron chi connectivity index (χ2n) is 3.72. The van der Waals surface area contributed by atoms with Gasteiger partial charge in [-0.05, 0) is 25.0 Å². The molecule has 0 aliphatic heterocycles. The van der Waals surface area contributed by atoms with Crippen molar-refractivity contribution in [2.45, 2.75) is 18.8 Å². The van der Waals surface area contributed by atoms with Gasteiger partial charge in [-0.25, -0.2) is 4.98 Å². The molecule has 1 aliphatic carbocycles. The molecule has 2 aromatic heterocycles. The van der Waals surface area contributed by atoms with E-state index in [4.69, 9.17) is 17.3 Å². The summed E-state index contributed by atoms with van der Waals surface area (Å²) in [4.78, 5) is 4.36. The molecule has 2 N–H and O–H groups in total. The number of halogens is 1. The third kappa shape index (κ3) is 1.02. The molecule has 0 atom stereocenters. The van der Waals surface area contributed by atoms with Crippen molar-refractivity contribution in [3.8, 4) is 0 Å². The number of hydrogen-bond acceptors (Lipinski definition) is 2. The van der Waals surface area contributed by atoms with Crippen LogP contribution in [0.25, 0.3) is 5.52 Å². The Balaban J connectivity index is 2.37. The summed E-state index contributed by atoms with van der Waals surface area (Å²) in [7, 11) is 0. The SMILES string of the molecule is Nc1cccn2c(C3CC3)nc(Cl)c12. The fourth-order valence-corrected chi connectivity index (χ4v) is 2.06. The molecule has 0 bridgehead atoms. The number of pyridine rings is 1. The highest BCUT2D eigenvalue weighted by Crippen LogP contribution is 2.41. The van der Waals surface area contributed by atoms with Gasteiger partial charge in [0.05, 0.1) is 5.69 Å². The summed E-state index contributed by atoms with van der Waals surface area (Å²) in [5.74, 6) is 1.63. The molecule has 3 rings (SSSR count). The first kappa shape index (κ1) is 8.12. The second kappa shape index (κ2) is 2.64. The zero-order valence-electron chi connectivity index (χ0n) is 7.57. The van der Waals surface area contributed by atoms with Crippen LogP contribution >= 0.6 is 11.6 Å². The van der Waals surface area contributed by atoms with E-state index in [0.29, 0.717) is 16.8 Å². The number of nitrogens with zero attached hydrogens (tertiary/aromatic N) is 2. The first-order valence-electron chi connectivity index (χ1n) is 4.69. The first-order valence-corrected chi connectivity index (χ1v) is 5.07. The fraction of sp³-hybridized carbons (Fsp3) is 0.300. The van der Waals surface area contributed by atoms with Gasteiger partial charge in [-0.2, -0.15) is 0 Å². The van der Waals surface area contributed by atoms with Gasteiger partial charge in [0.15, 0.2) is 5.15 Å². The molecular formula is C10H10ClN3. The number of anilines is 1. The van der Waals surface area contributed by atoms with Gasteiger partial charge < -0.3 is 10.1 Å². The molecule has 0 spiro atoms. The summed E-state index contributed by atoms with van der Waals surface area (Å²) < 4.78 is 2.01. The standard InChI is InChI=1S/C10H10ClN3/c11-9-8-7(12)2-1-5-14(8)10(13-9)6-3-4-6/h1-2,5-6H,3-4,12H2. The Morgan fingerprint density at radius 3 is 3.00 bits per heavy atom. The number of aromatic nitrogens is 2. The van der Waals surface area contributed by atoms with Crippen molar-refractivity contribution in [3.63, 3.8) is 0 Å². The number of nitrogen functional groups attached to an aromatic ring is 1. The van der Waals surface area contributed by atoms with Crippen LogP contribution in [0, 0.1) is 0 Å². The maximum Gasteiger partial charge on any atom is 0.157 e. The average Bonchev–Trinajstić information content (AvgIpc) is 2.93. The van der Waals surface area contributed by atoms with E-state index in [9.17, 15) is 0 Å². The van der Waals surface area contributed by atoms with Crippen LogP contribution in [0.3, 0.4) is 0 Å². The minimum atomic E-state index is 0.519. The van der Waals surface area contributed by atoms with Gasteiger partial charge in [0.2, 0.25) is 0 Å². The fourth-order valence-electron chi connectivity index (χ4n) is 1.77. The van der Waals surface area contributed by atoms with Crippen molar-refractivity contribution in [1.82, 2.24) is 9.38 Å². The molecule has 2 heterocycles. The van der Waals surface area contributed by atoms with Crippen LogP contribution in [0.4, 0.5) is 5.69 Å². The van der Waals surface area contributed by atoms with Crippen LogP contribution in [-0.4, -0.2) is 9.38 Å². The predicted octanol–water partition coefficient (Wildman–Crippen LogP) is 2.45. The van der Waals surface area contributed by atoms with E-state index < -0.39 is 0 Å². The lowest BCUT2D eigenvalue weighted by molar-refractivity contribution is 0.921. The summed E-state index contributed by atoms with van der Waals surface area (Å²) in [6.45, 7) is 0. The Morgan fingerprint density at radius 2 is 2.29 bits per heavy atom. The summed E-state index contributed by atoms with van der Waals surface area (Å²) in [6, 6.07) is 3.77. The number of rotatable bonds is 1. The zero-order valence-corrected chi connectivity index (χ0v) is 8.33. The molecule has 0 saturated heterocycles. The normalized spacial score (nSPS) is 16.4. The second-order valence-corrected chi connectivity index (χ2v) is 4.08. The Morgan fingerprint density at radius 1 is 1.50 bits per heavy atom. The van der Waals surface area contributed by atoms with Crippen molar-refractivity contribution >= 4 is 22.8 Å². The largest absolute Gasteiger partial charge is 0.397 e. The lowest BCUT2D eigenvalue weighted by Gasteiger charge is -2.00. The lowest BCUT2D eigenvalue weighted by Crippen LogP contribution is -1.94. The average molecular weight is 208 g/mol. The van der Waals surface area contributed by atoms with E-state index in [1.807, 2.05) is 22.7 Å². The summed E-state index contributed by atoms with van der Waals surface area (Å²) in [6.07, 6.45) is 4.40. The molecule has 0 unspecified atom stereocenters. The van der Waals surface area contributed by atoms with E-state index >= 15 is 0 Å². The molecule has 72 valence electrons. The summed E-state index contributed by atoms with van der Waals surface area (Å²) >= 11 is 6.04. The van der Waals surface area contributed by atoms with Crippen molar-refractivity contribution in [1.29, 1.82) is 0 Å². The molecular weight excluding hydrogens is 198 g/mol. The van der Waals surface area contributed by atoms with Crippen LogP contribution in [0.1, 0.15) is 24.6 Å². The number of imidazole rings is 1. The van der Waals surface area contributed by atoms with E-state index in [-0.39, 0.29) is 0 Å². The third-order valence-corrected chi connectivity index (χ3v) is 2.89. The minimum absolute atomic E-state index is 0.519. The predicted molar refractivity (Wildman–Crippen MR) is 56.6 cm³/mol. The number of nitrogens with two attached hydrogens (primary N) is 1. The van der Waals surface area contributed by atoms with Gasteiger partial charge in [0.1, 0.15) is 11.3 Å². The van der Waals surface area contributed by atoms with E-state index in [1.54, 1.807) is 0 Å². The van der Waals surface area contributed by atoms with Gasteiger partial charge in [0.25, 0.3) is 0 Å². The Labute approximate surface area is 86.5 Å². The van der Waals surface area contributed by atoms with E-state index in [0.717, 1.165) is 11.3 Å². The lowest BCUT2D eigenvalue weighted by atomic mass is 10.3. The monoisotopic (exact) mass is 207 g/mol. The molecule has 1 saturated carbocycles. The van der Waals surface area contributed by atoms with Crippen molar-refractivity contribution in [2.75, 3.05) is 5.73 Å². The summed E-state index contributed by atoms with van der Waals surface area (Å²) in [5, 5.41) is 0.519. The Hall–Kier alpha value is -1.22. The van der Waals surface area contributed by atoms with Crippen molar-refractivity contribution in [3.05, 3.63) is 29.3 Å². The van der Waals surface area contributed by atoms with Crippen LogP contribution in [0.5, 0.6) is 0 Å². The topological polar surface area (TPSA) is 43.3 Å². The van der Waals surface area contributed by atoms with Gasteiger partial charge >= 0.3 is 0 Å². The highest BCUT2D eigenvalue weighted by molar-refractivity contribution is 6.33. The van der Waals surface area contributed by atoms with Crippen molar-refractivity contribution in [2.24, 2.45) is 0 Å². The molecule has 1 aliphatic rings. The first-order chi connectivity index (χ1) is 6.77. The van der Waals surface area contributed by atoms with Crippen LogP contribution in [0.15, 0.2) is 18.3 Å². The smallest absolute Gasteiger partial charge is 0.157 e. The third-order valence-electron chi connectivity index (χ3n) is 2.62. The van der Waals surface area contributed by atoms with E-state index in [1.165, 1.54) is 12.8 Å². The molecule has 1 fully saturated rings. The molecule has 0 aromatic carbocycles. The van der Waals surface area contributed by atoms with Gasteiger partial charge in [-0.15, -0.1) is 0 Å². The maximum absolute atomic E-state index is 6.04. The molecule has 4 heteroatoms. The number of fused-ring (bicyclic) bond motifs is 1. The molecule has 2 aromatic rings. The Bertz CT molecular complexity index is 499. The van der Waals surface area contributed by atoms with Gasteiger partial charge in [-0.1, -0.05) is 11.6 Å². The molecule has 0 radical (unpaired) electrons. The molecule has 0 amide bonds. The van der Waals surface area contributed by atoms with Crippen LogP contribution in [-0.2, 0) is 0 Å². The highest BCUT2D eigenvalue weighted by atomic mass is 35.5. The Kier molecular flexibility index (Phi) is 1.53. The van der Waals surface area contributed by atoms with Gasteiger partial charge in [-0.3, -0.25) is 0 Å². The maximum atomic E-state index is 6.04. The van der Waals surface area contributed by atoms with Crippen LogP contribution in [0.2, 0.25) is 5.15 Å².